The van der Waals surface area contributed by atoms with E-state index in [1.54, 1.807) is 0 Å². The number of ether oxygens (including phenoxy) is 2. The van der Waals surface area contributed by atoms with E-state index in [9.17, 15) is 4.79 Å². The van der Waals surface area contributed by atoms with Gasteiger partial charge in [0.05, 0.1) is 13.2 Å². The van der Waals surface area contributed by atoms with Crippen molar-refractivity contribution in [3.8, 4) is 11.5 Å². The number of carbonyl (C=O) groups is 1. The minimum absolute atomic E-state index is 0.125. The summed E-state index contributed by atoms with van der Waals surface area (Å²) in [5.41, 5.74) is 7.97. The third-order valence-electron chi connectivity index (χ3n) is 3.96. The highest BCUT2D eigenvalue weighted by Crippen LogP contribution is 2.34. The Hall–Kier alpha value is -1.75. The minimum Gasteiger partial charge on any atom is -0.490 e. The average Bonchev–Trinajstić information content (AvgIpc) is 2.54. The first-order valence-electron chi connectivity index (χ1n) is 8.00. The molecule has 122 valence electrons. The number of fused-ring (bicyclic) bond motifs is 1. The molecule has 1 aliphatic rings. The molecule has 1 aromatic rings. The number of amides is 1. The van der Waals surface area contributed by atoms with Crippen molar-refractivity contribution in [1.29, 1.82) is 0 Å². The first-order chi connectivity index (χ1) is 10.6. The topological polar surface area (TPSA) is 64.8 Å². The summed E-state index contributed by atoms with van der Waals surface area (Å²) in [6.45, 7) is 8.72. The Bertz CT molecular complexity index is 531. The van der Waals surface area contributed by atoms with Gasteiger partial charge >= 0.3 is 0 Å². The summed E-state index contributed by atoms with van der Waals surface area (Å²) >= 11 is 0. The van der Waals surface area contributed by atoms with Gasteiger partial charge in [-0.1, -0.05) is 6.92 Å². The third-order valence-corrected chi connectivity index (χ3v) is 3.96. The molecule has 1 aliphatic heterocycles. The Balaban J connectivity index is 2.23. The maximum atomic E-state index is 12.3. The Morgan fingerprint density at radius 3 is 2.36 bits per heavy atom. The molecule has 0 saturated carbocycles. The maximum absolute atomic E-state index is 12.3. The second-order valence-corrected chi connectivity index (χ2v) is 5.58. The van der Waals surface area contributed by atoms with Gasteiger partial charge in [0.2, 0.25) is 5.91 Å². The number of carbonyl (C=O) groups excluding carboxylic acids is 1. The van der Waals surface area contributed by atoms with Gasteiger partial charge in [0, 0.05) is 25.6 Å². The van der Waals surface area contributed by atoms with Crippen LogP contribution in [0.3, 0.4) is 0 Å². The molecule has 5 nitrogen and oxygen atoms in total. The zero-order chi connectivity index (χ0) is 16.1. The molecule has 0 saturated heterocycles. The Morgan fingerprint density at radius 1 is 1.23 bits per heavy atom. The van der Waals surface area contributed by atoms with E-state index >= 15 is 0 Å². The number of nitrogens with zero attached hydrogens (tertiary/aromatic N) is 1. The fourth-order valence-electron chi connectivity index (χ4n) is 2.70. The molecule has 1 atom stereocenters. The lowest BCUT2D eigenvalue weighted by atomic mass is 9.97. The van der Waals surface area contributed by atoms with Crippen LogP contribution >= 0.6 is 0 Å². The van der Waals surface area contributed by atoms with Crippen molar-refractivity contribution in [3.63, 3.8) is 0 Å². The van der Waals surface area contributed by atoms with E-state index in [0.717, 1.165) is 30.0 Å². The lowest BCUT2D eigenvalue weighted by Gasteiger charge is -2.31. The monoisotopic (exact) mass is 306 g/mol. The van der Waals surface area contributed by atoms with Crippen LogP contribution < -0.4 is 15.2 Å². The largest absolute Gasteiger partial charge is 0.490 e. The molecule has 0 bridgehead atoms. The molecule has 1 aromatic carbocycles. The number of hydrogen-bond acceptors (Lipinski definition) is 4. The highest BCUT2D eigenvalue weighted by molar-refractivity contribution is 5.79. The summed E-state index contributed by atoms with van der Waals surface area (Å²) in [7, 11) is 0. The van der Waals surface area contributed by atoms with Crippen molar-refractivity contribution in [1.82, 2.24) is 4.90 Å². The lowest BCUT2D eigenvalue weighted by molar-refractivity contribution is -0.135. The molecule has 5 heteroatoms. The average molecular weight is 306 g/mol. The van der Waals surface area contributed by atoms with Gasteiger partial charge in [0.1, 0.15) is 0 Å². The molecule has 0 radical (unpaired) electrons. The molecule has 0 spiro atoms. The van der Waals surface area contributed by atoms with Gasteiger partial charge in [-0.15, -0.1) is 0 Å². The van der Waals surface area contributed by atoms with Crippen LogP contribution in [0.1, 0.15) is 31.9 Å². The minimum atomic E-state index is -0.129. The summed E-state index contributed by atoms with van der Waals surface area (Å²) in [4.78, 5) is 14.2. The first-order valence-corrected chi connectivity index (χ1v) is 8.00. The summed E-state index contributed by atoms with van der Waals surface area (Å²) in [5.74, 6) is 1.54. The Morgan fingerprint density at radius 2 is 1.82 bits per heavy atom. The van der Waals surface area contributed by atoms with Crippen molar-refractivity contribution < 1.29 is 14.3 Å². The SMILES string of the molecule is CCOc1cc2c(cc1OCC)CN(C(=O)C(C)CN)CC2. The quantitative estimate of drug-likeness (QED) is 0.872. The van der Waals surface area contributed by atoms with E-state index < -0.39 is 0 Å². The van der Waals surface area contributed by atoms with Gasteiger partial charge in [-0.2, -0.15) is 0 Å². The fourth-order valence-corrected chi connectivity index (χ4v) is 2.70. The van der Waals surface area contributed by atoms with Crippen LogP contribution in [0.2, 0.25) is 0 Å². The first kappa shape index (κ1) is 16.6. The number of benzene rings is 1. The van der Waals surface area contributed by atoms with Crippen molar-refractivity contribution in [3.05, 3.63) is 23.3 Å². The fraction of sp³-hybridized carbons (Fsp3) is 0.588. The van der Waals surface area contributed by atoms with Crippen LogP contribution in [-0.4, -0.2) is 37.1 Å². The summed E-state index contributed by atoms with van der Waals surface area (Å²) in [5, 5.41) is 0. The van der Waals surface area contributed by atoms with E-state index in [1.807, 2.05) is 31.7 Å². The van der Waals surface area contributed by atoms with Gasteiger partial charge in [0.25, 0.3) is 0 Å². The van der Waals surface area contributed by atoms with Gasteiger partial charge in [-0.25, -0.2) is 0 Å². The van der Waals surface area contributed by atoms with Gasteiger partial charge < -0.3 is 20.1 Å². The number of rotatable bonds is 6. The predicted molar refractivity (Wildman–Crippen MR) is 86.1 cm³/mol. The maximum Gasteiger partial charge on any atom is 0.226 e. The highest BCUT2D eigenvalue weighted by atomic mass is 16.5. The van der Waals surface area contributed by atoms with E-state index in [-0.39, 0.29) is 11.8 Å². The standard InChI is InChI=1S/C17H26N2O3/c1-4-21-15-8-13-6-7-19(17(20)12(3)10-18)11-14(13)9-16(15)22-5-2/h8-9,12H,4-7,10-11,18H2,1-3H3. The molecular formula is C17H26N2O3. The van der Waals surface area contributed by atoms with Gasteiger partial charge in [-0.3, -0.25) is 4.79 Å². The molecule has 1 amide bonds. The Labute approximate surface area is 132 Å². The van der Waals surface area contributed by atoms with Crippen molar-refractivity contribution in [2.75, 3.05) is 26.3 Å². The van der Waals surface area contributed by atoms with Crippen molar-refractivity contribution in [2.24, 2.45) is 11.7 Å². The third kappa shape index (κ3) is 3.53. The molecule has 1 unspecified atom stereocenters. The molecule has 22 heavy (non-hydrogen) atoms. The zero-order valence-electron chi connectivity index (χ0n) is 13.7. The van der Waals surface area contributed by atoms with Crippen LogP contribution in [0.15, 0.2) is 12.1 Å². The van der Waals surface area contributed by atoms with Gasteiger partial charge in [-0.05, 0) is 43.5 Å². The smallest absolute Gasteiger partial charge is 0.226 e. The number of nitrogens with two attached hydrogens (primary N) is 1. The van der Waals surface area contributed by atoms with Crippen LogP contribution in [0.5, 0.6) is 11.5 Å². The van der Waals surface area contributed by atoms with Gasteiger partial charge in [0.15, 0.2) is 11.5 Å². The van der Waals surface area contributed by atoms with E-state index in [0.29, 0.717) is 26.3 Å². The molecule has 2 N–H and O–H groups in total. The molecule has 0 aromatic heterocycles. The zero-order valence-corrected chi connectivity index (χ0v) is 13.7. The van der Waals surface area contributed by atoms with E-state index in [4.69, 9.17) is 15.2 Å². The van der Waals surface area contributed by atoms with Crippen LogP contribution in [0, 0.1) is 5.92 Å². The van der Waals surface area contributed by atoms with Crippen LogP contribution in [0.25, 0.3) is 0 Å². The lowest BCUT2D eigenvalue weighted by Crippen LogP contribution is -2.41. The van der Waals surface area contributed by atoms with E-state index in [2.05, 4.69) is 6.07 Å². The van der Waals surface area contributed by atoms with Crippen LogP contribution in [-0.2, 0) is 17.8 Å². The van der Waals surface area contributed by atoms with Crippen molar-refractivity contribution in [2.45, 2.75) is 33.7 Å². The molecule has 0 fully saturated rings. The van der Waals surface area contributed by atoms with E-state index in [1.165, 1.54) is 5.56 Å². The van der Waals surface area contributed by atoms with Crippen molar-refractivity contribution >= 4 is 5.91 Å². The predicted octanol–water partition coefficient (Wildman–Crippen LogP) is 1.96. The molecule has 0 aliphatic carbocycles. The summed E-state index contributed by atoms with van der Waals surface area (Å²) < 4.78 is 11.3. The summed E-state index contributed by atoms with van der Waals surface area (Å²) in [6.07, 6.45) is 0.838. The Kier molecular flexibility index (Phi) is 5.66. The summed E-state index contributed by atoms with van der Waals surface area (Å²) in [6, 6.07) is 4.06. The normalized spacial score (nSPS) is 15.2. The highest BCUT2D eigenvalue weighted by Gasteiger charge is 2.25. The van der Waals surface area contributed by atoms with Crippen LogP contribution in [0.4, 0.5) is 0 Å². The molecular weight excluding hydrogens is 280 g/mol. The second-order valence-electron chi connectivity index (χ2n) is 5.58. The molecule has 2 rings (SSSR count). The second kappa shape index (κ2) is 7.49. The number of hydrogen-bond donors (Lipinski definition) is 1. The molecule has 1 heterocycles.